The number of aliphatic hydroxyl groups is 2. The van der Waals surface area contributed by atoms with Crippen LogP contribution in [0.1, 0.15) is 20.1 Å². The topological polar surface area (TPSA) is 193 Å². The minimum atomic E-state index is -3.88. The molecule has 0 bridgehead atoms. The predicted molar refractivity (Wildman–Crippen MR) is 98.5 cm³/mol. The van der Waals surface area contributed by atoms with E-state index in [4.69, 9.17) is 24.3 Å². The van der Waals surface area contributed by atoms with Crippen molar-refractivity contribution >= 4 is 30.7 Å². The molecule has 0 saturated carbocycles. The number of fused-ring (bicyclic) bond motifs is 1. The number of nitrogens with zero attached hydrogens (tertiary/aromatic N) is 4. The quantitative estimate of drug-likeness (QED) is 0.315. The second-order valence-electron chi connectivity index (χ2n) is 7.11. The van der Waals surface area contributed by atoms with Gasteiger partial charge in [-0.15, -0.1) is 0 Å². The van der Waals surface area contributed by atoms with Crippen LogP contribution < -0.4 is 10.8 Å². The van der Waals surface area contributed by atoms with Crippen molar-refractivity contribution in [1.82, 2.24) is 24.6 Å². The molecule has 0 spiro atoms. The SMILES string of the molecule is CC1NP(=O)(OC[C@H]2O[C@@H](n3cnc4c(N)ncnc43)C(C)(O)C2OCO)OC1=O. The molecule has 30 heavy (non-hydrogen) atoms. The van der Waals surface area contributed by atoms with Crippen molar-refractivity contribution < 1.29 is 38.1 Å². The van der Waals surface area contributed by atoms with Gasteiger partial charge in [-0.2, -0.15) is 5.09 Å². The van der Waals surface area contributed by atoms with Gasteiger partial charge >= 0.3 is 13.7 Å². The lowest BCUT2D eigenvalue weighted by molar-refractivity contribution is -0.141. The van der Waals surface area contributed by atoms with E-state index in [1.807, 2.05) is 0 Å². The molecule has 2 fully saturated rings. The minimum absolute atomic E-state index is 0.153. The lowest BCUT2D eigenvalue weighted by Gasteiger charge is -2.29. The van der Waals surface area contributed by atoms with Crippen LogP contribution in [0.15, 0.2) is 12.7 Å². The van der Waals surface area contributed by atoms with E-state index in [1.54, 1.807) is 0 Å². The number of carbonyl (C=O) groups is 1. The van der Waals surface area contributed by atoms with Crippen LogP contribution in [0.25, 0.3) is 11.2 Å². The fourth-order valence-electron chi connectivity index (χ4n) is 3.51. The van der Waals surface area contributed by atoms with Gasteiger partial charge in [0, 0.05) is 0 Å². The van der Waals surface area contributed by atoms with Crippen molar-refractivity contribution in [2.24, 2.45) is 0 Å². The van der Waals surface area contributed by atoms with Crippen LogP contribution in [0.4, 0.5) is 5.82 Å². The summed E-state index contributed by atoms with van der Waals surface area (Å²) in [5.74, 6) is -0.554. The molecule has 14 nitrogen and oxygen atoms in total. The Balaban J connectivity index is 1.60. The zero-order chi connectivity index (χ0) is 21.7. The van der Waals surface area contributed by atoms with Crippen LogP contribution >= 0.6 is 7.75 Å². The monoisotopic (exact) mass is 444 g/mol. The summed E-state index contributed by atoms with van der Waals surface area (Å²) in [5.41, 5.74) is 4.74. The number of hydrogen-bond donors (Lipinski definition) is 4. The Bertz CT molecular complexity index is 1010. The Morgan fingerprint density at radius 1 is 1.43 bits per heavy atom. The molecule has 2 saturated heterocycles. The molecule has 6 atom stereocenters. The second kappa shape index (κ2) is 7.50. The maximum atomic E-state index is 12.5. The van der Waals surface area contributed by atoms with Crippen LogP contribution in [-0.4, -0.2) is 73.0 Å². The highest BCUT2D eigenvalue weighted by molar-refractivity contribution is 7.52. The van der Waals surface area contributed by atoms with Gasteiger partial charge in [0.2, 0.25) is 0 Å². The normalized spacial score (nSPS) is 36.5. The maximum Gasteiger partial charge on any atom is 0.461 e. The molecule has 2 aliphatic rings. The molecular formula is C15H21N6O8P. The number of aliphatic hydroxyl groups excluding tert-OH is 1. The third kappa shape index (κ3) is 3.46. The molecule has 5 N–H and O–H groups in total. The number of carbonyl (C=O) groups excluding carboxylic acids is 1. The first-order valence-electron chi connectivity index (χ1n) is 8.95. The van der Waals surface area contributed by atoms with Gasteiger partial charge in [-0.1, -0.05) is 0 Å². The molecule has 2 aliphatic heterocycles. The van der Waals surface area contributed by atoms with E-state index in [1.165, 1.54) is 31.1 Å². The molecule has 0 aliphatic carbocycles. The molecule has 0 aromatic carbocycles. The Kier molecular flexibility index (Phi) is 5.26. The van der Waals surface area contributed by atoms with Gasteiger partial charge < -0.3 is 29.9 Å². The lowest BCUT2D eigenvalue weighted by atomic mass is 9.96. The number of anilines is 1. The van der Waals surface area contributed by atoms with Gasteiger partial charge in [0.25, 0.3) is 0 Å². The molecule has 4 heterocycles. The Hall–Kier alpha value is -2.19. The van der Waals surface area contributed by atoms with E-state index < -0.39 is 50.6 Å². The fourth-order valence-corrected chi connectivity index (χ4v) is 5.01. The smallest absolute Gasteiger partial charge is 0.383 e. The van der Waals surface area contributed by atoms with Crippen molar-refractivity contribution in [1.29, 1.82) is 0 Å². The summed E-state index contributed by atoms with van der Waals surface area (Å²) < 4.78 is 35.2. The average Bonchev–Trinajstić information content (AvgIpc) is 3.29. The molecule has 4 unspecified atom stereocenters. The highest BCUT2D eigenvalue weighted by Crippen LogP contribution is 2.50. The summed E-state index contributed by atoms with van der Waals surface area (Å²) in [4.78, 5) is 23.7. The zero-order valence-electron chi connectivity index (χ0n) is 16.0. The minimum Gasteiger partial charge on any atom is -0.383 e. The van der Waals surface area contributed by atoms with Crippen molar-refractivity contribution in [2.75, 3.05) is 19.1 Å². The van der Waals surface area contributed by atoms with Crippen molar-refractivity contribution in [3.63, 3.8) is 0 Å². The van der Waals surface area contributed by atoms with E-state index in [2.05, 4.69) is 20.0 Å². The van der Waals surface area contributed by atoms with Crippen LogP contribution in [0, 0.1) is 0 Å². The van der Waals surface area contributed by atoms with Crippen molar-refractivity contribution in [3.8, 4) is 0 Å². The largest absolute Gasteiger partial charge is 0.461 e. The number of aromatic nitrogens is 4. The maximum absolute atomic E-state index is 12.5. The van der Waals surface area contributed by atoms with E-state index in [0.717, 1.165) is 0 Å². The molecule has 4 rings (SSSR count). The highest BCUT2D eigenvalue weighted by Gasteiger charge is 2.56. The number of nitrogens with two attached hydrogens (primary N) is 1. The Morgan fingerprint density at radius 3 is 2.87 bits per heavy atom. The van der Waals surface area contributed by atoms with Crippen LogP contribution in [-0.2, 0) is 27.9 Å². The van der Waals surface area contributed by atoms with E-state index in [9.17, 15) is 19.6 Å². The molecule has 0 amide bonds. The first-order chi connectivity index (χ1) is 14.2. The van der Waals surface area contributed by atoms with E-state index in [0.29, 0.717) is 11.2 Å². The Morgan fingerprint density at radius 2 is 2.20 bits per heavy atom. The molecule has 164 valence electrons. The predicted octanol–water partition coefficient (Wildman–Crippen LogP) is -0.948. The van der Waals surface area contributed by atoms with E-state index in [-0.39, 0.29) is 12.4 Å². The Labute approximate surface area is 169 Å². The van der Waals surface area contributed by atoms with Gasteiger partial charge in [-0.25, -0.2) is 24.3 Å². The third-order valence-corrected chi connectivity index (χ3v) is 6.55. The standard InChI is InChI=1S/C15H21N6O8P/c1-7-13(23)29-30(25,20-7)27-3-8-10(26-6-22)15(2,24)14(28-8)21-5-19-9-11(16)17-4-18-12(9)21/h4-5,7-8,10,14,22,24H,3,6H2,1-2H3,(H,20,25)(H2,16,17,18)/t7?,8-,10?,14-,15?,30?/m1/s1. The van der Waals surface area contributed by atoms with Gasteiger partial charge in [-0.05, 0) is 13.8 Å². The van der Waals surface area contributed by atoms with Crippen LogP contribution in [0.5, 0.6) is 0 Å². The second-order valence-corrected chi connectivity index (χ2v) is 8.80. The van der Waals surface area contributed by atoms with Crippen LogP contribution in [0.3, 0.4) is 0 Å². The highest BCUT2D eigenvalue weighted by atomic mass is 31.2. The molecule has 15 heteroatoms. The number of rotatable bonds is 6. The lowest BCUT2D eigenvalue weighted by Crippen LogP contribution is -2.46. The summed E-state index contributed by atoms with van der Waals surface area (Å²) in [6, 6.07) is -0.789. The number of hydrogen-bond acceptors (Lipinski definition) is 12. The summed E-state index contributed by atoms with van der Waals surface area (Å²) in [7, 11) is -3.88. The van der Waals surface area contributed by atoms with E-state index >= 15 is 0 Å². The van der Waals surface area contributed by atoms with Gasteiger partial charge in [-0.3, -0.25) is 9.09 Å². The summed E-state index contributed by atoms with van der Waals surface area (Å²) in [6.07, 6.45) is -0.532. The zero-order valence-corrected chi connectivity index (χ0v) is 16.9. The number of ether oxygens (including phenoxy) is 2. The molecular weight excluding hydrogens is 423 g/mol. The number of imidazole rings is 1. The molecule has 0 radical (unpaired) electrons. The summed E-state index contributed by atoms with van der Waals surface area (Å²) >= 11 is 0. The first-order valence-corrected chi connectivity index (χ1v) is 10.5. The van der Waals surface area contributed by atoms with Gasteiger partial charge in [0.15, 0.2) is 17.7 Å². The third-order valence-electron chi connectivity index (χ3n) is 4.94. The van der Waals surface area contributed by atoms with Crippen LogP contribution in [0.2, 0.25) is 0 Å². The van der Waals surface area contributed by atoms with Crippen molar-refractivity contribution in [3.05, 3.63) is 12.7 Å². The molecule has 2 aromatic rings. The number of nitrogen functional groups attached to an aromatic ring is 1. The molecule has 2 aromatic heterocycles. The van der Waals surface area contributed by atoms with Gasteiger partial charge in [0.05, 0.1) is 12.9 Å². The summed E-state index contributed by atoms with van der Waals surface area (Å²) in [6.45, 7) is 1.83. The number of nitrogens with one attached hydrogen (secondary N) is 1. The fraction of sp³-hybridized carbons (Fsp3) is 0.600. The summed E-state index contributed by atoms with van der Waals surface area (Å²) in [5, 5.41) is 22.9. The first kappa shape index (κ1) is 21.1. The average molecular weight is 444 g/mol. The van der Waals surface area contributed by atoms with Gasteiger partial charge in [0.1, 0.15) is 42.5 Å². The van der Waals surface area contributed by atoms with Crippen molar-refractivity contribution in [2.45, 2.75) is 43.9 Å².